The van der Waals surface area contributed by atoms with Gasteiger partial charge in [0.1, 0.15) is 5.82 Å². The summed E-state index contributed by atoms with van der Waals surface area (Å²) in [5.74, 6) is 5.04. The van der Waals surface area contributed by atoms with Crippen molar-refractivity contribution < 1.29 is 0 Å². The minimum atomic E-state index is 0.0315. The van der Waals surface area contributed by atoms with Crippen molar-refractivity contribution in [1.82, 2.24) is 15.0 Å². The van der Waals surface area contributed by atoms with Gasteiger partial charge in [0.05, 0.1) is 0 Å². The number of rotatable bonds is 3. The highest BCUT2D eigenvalue weighted by atomic mass is 15.0. The molecule has 2 bridgehead atoms. The quantitative estimate of drug-likeness (QED) is 0.532. The fourth-order valence-corrected chi connectivity index (χ4v) is 5.85. The standard InChI is InChI=1S/C26H29N3/c1-18-13-19-15-20(14-18)17-26(2,16-19)25-28-23(21-9-5-3-6-10-21)27-24(29-25)22-11-7-4-8-12-22/h3-12,18-20H,13-17H2,1-2H3. The molecule has 148 valence electrons. The Labute approximate surface area is 173 Å². The van der Waals surface area contributed by atoms with Gasteiger partial charge in [0.2, 0.25) is 0 Å². The van der Waals surface area contributed by atoms with Gasteiger partial charge in [-0.2, -0.15) is 0 Å². The molecule has 3 nitrogen and oxygen atoms in total. The number of fused-ring (bicyclic) bond motifs is 2. The Kier molecular flexibility index (Phi) is 4.69. The first-order valence-corrected chi connectivity index (χ1v) is 11.0. The van der Waals surface area contributed by atoms with E-state index in [0.29, 0.717) is 0 Å². The van der Waals surface area contributed by atoms with Crippen molar-refractivity contribution in [1.29, 1.82) is 0 Å². The number of hydrogen-bond acceptors (Lipinski definition) is 3. The van der Waals surface area contributed by atoms with E-state index < -0.39 is 0 Å². The Balaban J connectivity index is 1.60. The monoisotopic (exact) mass is 383 g/mol. The Morgan fingerprint density at radius 2 is 1.17 bits per heavy atom. The van der Waals surface area contributed by atoms with Crippen molar-refractivity contribution in [2.75, 3.05) is 0 Å². The summed E-state index contributed by atoms with van der Waals surface area (Å²) in [4.78, 5) is 15.0. The van der Waals surface area contributed by atoms with Gasteiger partial charge in [-0.05, 0) is 49.9 Å². The topological polar surface area (TPSA) is 38.7 Å². The van der Waals surface area contributed by atoms with E-state index in [4.69, 9.17) is 15.0 Å². The average molecular weight is 384 g/mol. The van der Waals surface area contributed by atoms with Crippen LogP contribution in [0.15, 0.2) is 60.7 Å². The van der Waals surface area contributed by atoms with E-state index in [1.165, 1.54) is 32.1 Å². The van der Waals surface area contributed by atoms with Gasteiger partial charge in [-0.1, -0.05) is 74.5 Å². The van der Waals surface area contributed by atoms with Gasteiger partial charge in [-0.15, -0.1) is 0 Å². The normalized spacial score (nSPS) is 28.8. The molecule has 2 atom stereocenters. The maximum atomic E-state index is 5.05. The van der Waals surface area contributed by atoms with Crippen molar-refractivity contribution in [3.63, 3.8) is 0 Å². The van der Waals surface area contributed by atoms with Crippen LogP contribution in [0.3, 0.4) is 0 Å². The zero-order valence-electron chi connectivity index (χ0n) is 17.4. The fraction of sp³-hybridized carbons (Fsp3) is 0.423. The summed E-state index contributed by atoms with van der Waals surface area (Å²) in [7, 11) is 0. The third-order valence-electron chi connectivity index (χ3n) is 6.86. The summed E-state index contributed by atoms with van der Waals surface area (Å²) in [6.07, 6.45) is 6.49. The SMILES string of the molecule is CC1CC2CC(C1)CC(C)(c1nc(-c3ccccc3)nc(-c3ccccc3)n1)C2. The number of aromatic nitrogens is 3. The maximum Gasteiger partial charge on any atom is 0.163 e. The summed E-state index contributed by atoms with van der Waals surface area (Å²) in [5.41, 5.74) is 2.15. The molecule has 2 aliphatic rings. The molecule has 5 rings (SSSR count). The van der Waals surface area contributed by atoms with Crippen LogP contribution in [0.1, 0.15) is 51.8 Å². The second kappa shape index (κ2) is 7.37. The molecule has 0 radical (unpaired) electrons. The molecule has 2 fully saturated rings. The summed E-state index contributed by atoms with van der Waals surface area (Å²) < 4.78 is 0. The molecule has 0 amide bonds. The third kappa shape index (κ3) is 3.71. The molecule has 3 aromatic rings. The van der Waals surface area contributed by atoms with Crippen LogP contribution in [0.4, 0.5) is 0 Å². The minimum Gasteiger partial charge on any atom is -0.212 e. The molecule has 2 unspecified atom stereocenters. The van der Waals surface area contributed by atoms with Gasteiger partial charge in [0, 0.05) is 16.5 Å². The molecular formula is C26H29N3. The highest BCUT2D eigenvalue weighted by molar-refractivity contribution is 5.61. The Morgan fingerprint density at radius 1 is 0.690 bits per heavy atom. The molecule has 29 heavy (non-hydrogen) atoms. The molecule has 1 heterocycles. The number of nitrogens with zero attached hydrogens (tertiary/aromatic N) is 3. The highest BCUT2D eigenvalue weighted by Gasteiger charge is 2.43. The zero-order valence-corrected chi connectivity index (χ0v) is 17.4. The van der Waals surface area contributed by atoms with Crippen LogP contribution in [-0.4, -0.2) is 15.0 Å². The van der Waals surface area contributed by atoms with E-state index in [-0.39, 0.29) is 5.41 Å². The first-order valence-electron chi connectivity index (χ1n) is 11.0. The Morgan fingerprint density at radius 3 is 1.66 bits per heavy atom. The zero-order chi connectivity index (χ0) is 19.8. The summed E-state index contributed by atoms with van der Waals surface area (Å²) >= 11 is 0. The molecular weight excluding hydrogens is 354 g/mol. The van der Waals surface area contributed by atoms with Crippen molar-refractivity contribution in [3.05, 3.63) is 66.5 Å². The smallest absolute Gasteiger partial charge is 0.163 e. The van der Waals surface area contributed by atoms with Crippen LogP contribution in [0.2, 0.25) is 0 Å². The van der Waals surface area contributed by atoms with E-state index in [1.807, 2.05) is 12.1 Å². The van der Waals surface area contributed by atoms with Gasteiger partial charge >= 0.3 is 0 Å². The van der Waals surface area contributed by atoms with Crippen LogP contribution in [-0.2, 0) is 5.41 Å². The first-order chi connectivity index (χ1) is 14.1. The van der Waals surface area contributed by atoms with Crippen molar-refractivity contribution in [3.8, 4) is 22.8 Å². The lowest BCUT2D eigenvalue weighted by Gasteiger charge is -2.46. The van der Waals surface area contributed by atoms with Crippen molar-refractivity contribution >= 4 is 0 Å². The van der Waals surface area contributed by atoms with Crippen LogP contribution in [0.25, 0.3) is 22.8 Å². The van der Waals surface area contributed by atoms with Gasteiger partial charge in [-0.25, -0.2) is 15.0 Å². The largest absolute Gasteiger partial charge is 0.212 e. The average Bonchev–Trinajstić information content (AvgIpc) is 2.74. The van der Waals surface area contributed by atoms with E-state index >= 15 is 0 Å². The van der Waals surface area contributed by atoms with E-state index in [0.717, 1.165) is 46.4 Å². The van der Waals surface area contributed by atoms with Gasteiger partial charge in [0.25, 0.3) is 0 Å². The van der Waals surface area contributed by atoms with E-state index in [1.54, 1.807) is 0 Å². The maximum absolute atomic E-state index is 5.05. The molecule has 2 saturated carbocycles. The van der Waals surface area contributed by atoms with Crippen molar-refractivity contribution in [2.24, 2.45) is 17.8 Å². The highest BCUT2D eigenvalue weighted by Crippen LogP contribution is 2.50. The molecule has 3 heteroatoms. The Bertz CT molecular complexity index is 908. The number of benzene rings is 2. The fourth-order valence-electron chi connectivity index (χ4n) is 5.85. The van der Waals surface area contributed by atoms with E-state index in [2.05, 4.69) is 62.4 Å². The van der Waals surface area contributed by atoms with Gasteiger partial charge < -0.3 is 0 Å². The molecule has 2 aliphatic carbocycles. The second-order valence-electron chi connectivity index (χ2n) is 9.55. The van der Waals surface area contributed by atoms with Crippen LogP contribution < -0.4 is 0 Å². The Hall–Kier alpha value is -2.55. The van der Waals surface area contributed by atoms with E-state index in [9.17, 15) is 0 Å². The molecule has 0 N–H and O–H groups in total. The predicted molar refractivity (Wildman–Crippen MR) is 117 cm³/mol. The first kappa shape index (κ1) is 18.5. The van der Waals surface area contributed by atoms with Gasteiger partial charge in [-0.3, -0.25) is 0 Å². The minimum absolute atomic E-state index is 0.0315. The molecule has 0 saturated heterocycles. The van der Waals surface area contributed by atoms with Gasteiger partial charge in [0.15, 0.2) is 11.6 Å². The lowest BCUT2D eigenvalue weighted by Crippen LogP contribution is -2.40. The molecule has 0 spiro atoms. The summed E-state index contributed by atoms with van der Waals surface area (Å²) in [5, 5.41) is 0. The summed E-state index contributed by atoms with van der Waals surface area (Å²) in [6, 6.07) is 20.6. The van der Waals surface area contributed by atoms with Crippen LogP contribution >= 0.6 is 0 Å². The van der Waals surface area contributed by atoms with Crippen LogP contribution in [0, 0.1) is 17.8 Å². The molecule has 1 aromatic heterocycles. The summed E-state index contributed by atoms with van der Waals surface area (Å²) in [6.45, 7) is 4.81. The third-order valence-corrected chi connectivity index (χ3v) is 6.86. The molecule has 2 aromatic carbocycles. The predicted octanol–water partition coefficient (Wildman–Crippen LogP) is 6.31. The molecule has 0 aliphatic heterocycles. The second-order valence-corrected chi connectivity index (χ2v) is 9.55. The lowest BCUT2D eigenvalue weighted by molar-refractivity contribution is 0.0857. The van der Waals surface area contributed by atoms with Crippen LogP contribution in [0.5, 0.6) is 0 Å². The van der Waals surface area contributed by atoms with Crippen molar-refractivity contribution in [2.45, 2.75) is 51.4 Å². The number of hydrogen-bond donors (Lipinski definition) is 0. The lowest BCUT2D eigenvalue weighted by atomic mass is 9.59.